The fourth-order valence-electron chi connectivity index (χ4n) is 1.81. The van der Waals surface area contributed by atoms with E-state index < -0.39 is 0 Å². The number of aromatic nitrogens is 1. The highest BCUT2D eigenvalue weighted by Crippen LogP contribution is 2.16. The quantitative estimate of drug-likeness (QED) is 0.845. The Kier molecular flexibility index (Phi) is 3.56. The van der Waals surface area contributed by atoms with Gasteiger partial charge in [0.2, 0.25) is 0 Å². The molecule has 0 radical (unpaired) electrons. The Morgan fingerprint density at radius 2 is 2.50 bits per heavy atom. The normalized spacial score (nSPS) is 20.9. The maximum atomic E-state index is 12.2. The minimum absolute atomic E-state index is 0.000764. The second kappa shape index (κ2) is 4.93. The second-order valence-electron chi connectivity index (χ2n) is 3.94. The molecular formula is C11H14BrN3O. The first kappa shape index (κ1) is 11.5. The summed E-state index contributed by atoms with van der Waals surface area (Å²) in [6.45, 7) is 4.40. The van der Waals surface area contributed by atoms with Gasteiger partial charge in [-0.3, -0.25) is 4.79 Å². The van der Waals surface area contributed by atoms with Crippen LogP contribution >= 0.6 is 15.9 Å². The van der Waals surface area contributed by atoms with Gasteiger partial charge in [-0.2, -0.15) is 0 Å². The van der Waals surface area contributed by atoms with Crippen LogP contribution < -0.4 is 5.32 Å². The number of nitrogens with zero attached hydrogens (tertiary/aromatic N) is 2. The number of carbonyl (C=O) groups is 1. The molecule has 0 saturated carbocycles. The molecule has 1 fully saturated rings. The summed E-state index contributed by atoms with van der Waals surface area (Å²) in [7, 11) is 0. The van der Waals surface area contributed by atoms with Gasteiger partial charge in [-0.15, -0.1) is 0 Å². The van der Waals surface area contributed by atoms with Crippen LogP contribution in [0.1, 0.15) is 17.4 Å². The Morgan fingerprint density at radius 3 is 3.19 bits per heavy atom. The highest BCUT2D eigenvalue weighted by molar-refractivity contribution is 9.10. The fraction of sp³-hybridized carbons (Fsp3) is 0.455. The SMILES string of the molecule is C[C@H]1CN(C(=O)c2ncccc2Br)CCN1. The van der Waals surface area contributed by atoms with Gasteiger partial charge in [-0.25, -0.2) is 4.98 Å². The third kappa shape index (κ3) is 2.41. The third-order valence-electron chi connectivity index (χ3n) is 2.62. The zero-order chi connectivity index (χ0) is 11.5. The zero-order valence-corrected chi connectivity index (χ0v) is 10.7. The lowest BCUT2D eigenvalue weighted by Crippen LogP contribution is -2.51. The van der Waals surface area contributed by atoms with Crippen molar-refractivity contribution in [3.05, 3.63) is 28.5 Å². The maximum absolute atomic E-state index is 12.2. The van der Waals surface area contributed by atoms with Crippen molar-refractivity contribution in [1.82, 2.24) is 15.2 Å². The molecule has 5 heteroatoms. The number of pyridine rings is 1. The summed E-state index contributed by atoms with van der Waals surface area (Å²) < 4.78 is 0.756. The molecule has 1 saturated heterocycles. The molecule has 1 aromatic heterocycles. The third-order valence-corrected chi connectivity index (χ3v) is 3.26. The van der Waals surface area contributed by atoms with Crippen molar-refractivity contribution in [2.24, 2.45) is 0 Å². The number of hydrogen-bond acceptors (Lipinski definition) is 3. The van der Waals surface area contributed by atoms with Crippen LogP contribution in [0.3, 0.4) is 0 Å². The van der Waals surface area contributed by atoms with Gasteiger partial charge in [-0.05, 0) is 35.0 Å². The van der Waals surface area contributed by atoms with E-state index in [1.807, 2.05) is 11.0 Å². The van der Waals surface area contributed by atoms with Gasteiger partial charge >= 0.3 is 0 Å². The van der Waals surface area contributed by atoms with Gasteiger partial charge in [0.1, 0.15) is 5.69 Å². The summed E-state index contributed by atoms with van der Waals surface area (Å²) in [5, 5.41) is 3.31. The van der Waals surface area contributed by atoms with Crippen molar-refractivity contribution in [2.45, 2.75) is 13.0 Å². The minimum atomic E-state index is 0.000764. The van der Waals surface area contributed by atoms with E-state index in [2.05, 4.69) is 33.2 Å². The standard InChI is InChI=1S/C11H14BrN3O/c1-8-7-15(6-5-13-8)11(16)10-9(12)3-2-4-14-10/h2-4,8,13H,5-7H2,1H3/t8-/m0/s1. The molecule has 1 aliphatic rings. The van der Waals surface area contributed by atoms with Crippen LogP contribution in [-0.2, 0) is 0 Å². The number of carbonyl (C=O) groups excluding carboxylic acids is 1. The monoisotopic (exact) mass is 283 g/mol. The van der Waals surface area contributed by atoms with Crippen LogP contribution in [0.4, 0.5) is 0 Å². The van der Waals surface area contributed by atoms with Gasteiger partial charge in [0.25, 0.3) is 5.91 Å². The molecule has 0 bridgehead atoms. The molecule has 0 unspecified atom stereocenters. The molecule has 1 N–H and O–H groups in total. The van der Waals surface area contributed by atoms with E-state index in [0.717, 1.165) is 24.1 Å². The van der Waals surface area contributed by atoms with Crippen LogP contribution in [0, 0.1) is 0 Å². The molecule has 1 aromatic rings. The van der Waals surface area contributed by atoms with Crippen LogP contribution in [-0.4, -0.2) is 41.5 Å². The molecule has 2 rings (SSSR count). The van der Waals surface area contributed by atoms with Crippen molar-refractivity contribution in [3.8, 4) is 0 Å². The van der Waals surface area contributed by atoms with Crippen LogP contribution in [0.15, 0.2) is 22.8 Å². The lowest BCUT2D eigenvalue weighted by Gasteiger charge is -2.31. The topological polar surface area (TPSA) is 45.2 Å². The Morgan fingerprint density at radius 1 is 1.69 bits per heavy atom. The van der Waals surface area contributed by atoms with Gasteiger partial charge in [0.15, 0.2) is 0 Å². The number of piperazine rings is 1. The first-order valence-corrected chi connectivity index (χ1v) is 6.11. The van der Waals surface area contributed by atoms with Crippen molar-refractivity contribution >= 4 is 21.8 Å². The summed E-state index contributed by atoms with van der Waals surface area (Å²) in [6, 6.07) is 3.99. The van der Waals surface area contributed by atoms with Gasteiger partial charge in [-0.1, -0.05) is 0 Å². The summed E-state index contributed by atoms with van der Waals surface area (Å²) in [4.78, 5) is 18.1. The van der Waals surface area contributed by atoms with E-state index in [-0.39, 0.29) is 5.91 Å². The minimum Gasteiger partial charge on any atom is -0.334 e. The van der Waals surface area contributed by atoms with Crippen molar-refractivity contribution in [3.63, 3.8) is 0 Å². The molecule has 1 amide bonds. The average Bonchev–Trinajstić information content (AvgIpc) is 2.29. The molecule has 4 nitrogen and oxygen atoms in total. The average molecular weight is 284 g/mol. The molecule has 1 aliphatic heterocycles. The Balaban J connectivity index is 2.16. The molecule has 86 valence electrons. The number of rotatable bonds is 1. The highest BCUT2D eigenvalue weighted by atomic mass is 79.9. The van der Waals surface area contributed by atoms with E-state index in [4.69, 9.17) is 0 Å². The Hall–Kier alpha value is -0.940. The van der Waals surface area contributed by atoms with Crippen LogP contribution in [0.5, 0.6) is 0 Å². The Labute approximate surface area is 103 Å². The summed E-state index contributed by atoms with van der Waals surface area (Å²) >= 11 is 3.35. The number of hydrogen-bond donors (Lipinski definition) is 1. The molecule has 0 aromatic carbocycles. The van der Waals surface area contributed by atoms with E-state index in [9.17, 15) is 4.79 Å². The van der Waals surface area contributed by atoms with Crippen molar-refractivity contribution in [2.75, 3.05) is 19.6 Å². The lowest BCUT2D eigenvalue weighted by molar-refractivity contribution is 0.0702. The van der Waals surface area contributed by atoms with Crippen LogP contribution in [0.25, 0.3) is 0 Å². The fourth-order valence-corrected chi connectivity index (χ4v) is 2.23. The predicted molar refractivity (Wildman–Crippen MR) is 65.3 cm³/mol. The number of amides is 1. The molecule has 2 heterocycles. The van der Waals surface area contributed by atoms with Crippen LogP contribution in [0.2, 0.25) is 0 Å². The molecule has 0 spiro atoms. The van der Waals surface area contributed by atoms with Gasteiger partial charge < -0.3 is 10.2 Å². The first-order chi connectivity index (χ1) is 7.68. The maximum Gasteiger partial charge on any atom is 0.273 e. The smallest absolute Gasteiger partial charge is 0.273 e. The van der Waals surface area contributed by atoms with Gasteiger partial charge in [0.05, 0.1) is 0 Å². The lowest BCUT2D eigenvalue weighted by atomic mass is 10.2. The summed E-state index contributed by atoms with van der Waals surface area (Å²) in [5.41, 5.74) is 0.497. The summed E-state index contributed by atoms with van der Waals surface area (Å²) in [6.07, 6.45) is 1.64. The van der Waals surface area contributed by atoms with E-state index >= 15 is 0 Å². The zero-order valence-electron chi connectivity index (χ0n) is 9.11. The Bertz CT molecular complexity index is 397. The molecule has 1 atom stereocenters. The summed E-state index contributed by atoms with van der Waals surface area (Å²) in [5.74, 6) is 0.000764. The van der Waals surface area contributed by atoms with E-state index in [0.29, 0.717) is 11.7 Å². The molecular weight excluding hydrogens is 270 g/mol. The number of halogens is 1. The number of nitrogens with one attached hydrogen (secondary N) is 1. The largest absolute Gasteiger partial charge is 0.334 e. The molecule has 0 aliphatic carbocycles. The van der Waals surface area contributed by atoms with Gasteiger partial charge in [0, 0.05) is 36.3 Å². The second-order valence-corrected chi connectivity index (χ2v) is 4.79. The van der Waals surface area contributed by atoms with E-state index in [1.54, 1.807) is 12.3 Å². The predicted octanol–water partition coefficient (Wildman–Crippen LogP) is 1.28. The van der Waals surface area contributed by atoms with Crippen molar-refractivity contribution < 1.29 is 4.79 Å². The highest BCUT2D eigenvalue weighted by Gasteiger charge is 2.23. The van der Waals surface area contributed by atoms with E-state index in [1.165, 1.54) is 0 Å². The first-order valence-electron chi connectivity index (χ1n) is 5.31. The molecule has 16 heavy (non-hydrogen) atoms. The van der Waals surface area contributed by atoms with Crippen molar-refractivity contribution in [1.29, 1.82) is 0 Å².